The normalized spacial score (nSPS) is 16.5. The lowest BCUT2D eigenvalue weighted by Crippen LogP contribution is -2.21. The zero-order valence-electron chi connectivity index (χ0n) is 19.2. The van der Waals surface area contributed by atoms with E-state index in [1.54, 1.807) is 6.92 Å². The van der Waals surface area contributed by atoms with Crippen molar-refractivity contribution in [3.05, 3.63) is 47.6 Å². The Balaban J connectivity index is -0.000000733. The van der Waals surface area contributed by atoms with Crippen LogP contribution in [0.3, 0.4) is 0 Å². The maximum Gasteiger partial charge on any atom is 0.338 e. The van der Waals surface area contributed by atoms with Crippen LogP contribution < -0.4 is 0 Å². The number of hydrogen-bond donors (Lipinski definition) is 1. The molecule has 2 unspecified atom stereocenters. The van der Waals surface area contributed by atoms with E-state index in [1.165, 1.54) is 23.6 Å². The molecular formula is C23H40O5S. The van der Waals surface area contributed by atoms with Gasteiger partial charge in [-0.25, -0.2) is 4.79 Å². The fourth-order valence-corrected chi connectivity index (χ4v) is 2.71. The van der Waals surface area contributed by atoms with Gasteiger partial charge in [-0.05, 0) is 39.0 Å². The number of aliphatic hydroxyl groups excluding tert-OH is 1. The predicted octanol–water partition coefficient (Wildman–Crippen LogP) is 5.81. The Morgan fingerprint density at radius 1 is 1.34 bits per heavy atom. The van der Waals surface area contributed by atoms with Crippen LogP contribution in [0.1, 0.15) is 61.3 Å². The molecule has 0 aromatic rings. The molecule has 0 aromatic carbocycles. The second-order valence-electron chi connectivity index (χ2n) is 6.40. The summed E-state index contributed by atoms with van der Waals surface area (Å²) in [4.78, 5) is 20.1. The van der Waals surface area contributed by atoms with Crippen LogP contribution in [0.2, 0.25) is 0 Å². The fourth-order valence-electron chi connectivity index (χ4n) is 1.70. The highest BCUT2D eigenvalue weighted by atomic mass is 32.2. The van der Waals surface area contributed by atoms with E-state index in [0.29, 0.717) is 12.2 Å². The van der Waals surface area contributed by atoms with E-state index < -0.39 is 12.3 Å². The SMILES string of the molecule is C=C(C)C.C=C1C=CSC(/C(=C\OC(O)C(C)C)C(=O)OCC)CC1.C=O.CC. The predicted molar refractivity (Wildman–Crippen MR) is 124 cm³/mol. The van der Waals surface area contributed by atoms with Gasteiger partial charge in [0.15, 0.2) is 6.29 Å². The molecule has 29 heavy (non-hydrogen) atoms. The van der Waals surface area contributed by atoms with Gasteiger partial charge in [-0.1, -0.05) is 51.5 Å². The van der Waals surface area contributed by atoms with Gasteiger partial charge in [0.05, 0.1) is 18.4 Å². The third-order valence-electron chi connectivity index (χ3n) is 3.04. The highest BCUT2D eigenvalue weighted by Crippen LogP contribution is 2.31. The third kappa shape index (κ3) is 18.0. The first-order chi connectivity index (χ1) is 13.7. The van der Waals surface area contributed by atoms with Gasteiger partial charge in [-0.3, -0.25) is 0 Å². The van der Waals surface area contributed by atoms with Crippen LogP contribution in [-0.2, 0) is 19.1 Å². The van der Waals surface area contributed by atoms with Crippen molar-refractivity contribution < 1.29 is 24.2 Å². The molecule has 6 heteroatoms. The number of esters is 1. The number of allylic oxidation sites excluding steroid dienone is 3. The van der Waals surface area contributed by atoms with Gasteiger partial charge in [0.25, 0.3) is 0 Å². The summed E-state index contributed by atoms with van der Waals surface area (Å²) < 4.78 is 10.4. The zero-order chi connectivity index (χ0) is 23.4. The number of aliphatic hydroxyl groups is 1. The fraction of sp³-hybridized carbons (Fsp3) is 0.565. The zero-order valence-corrected chi connectivity index (χ0v) is 20.0. The van der Waals surface area contributed by atoms with Crippen LogP contribution in [0.5, 0.6) is 0 Å². The van der Waals surface area contributed by atoms with Crippen molar-refractivity contribution in [1.29, 1.82) is 0 Å². The van der Waals surface area contributed by atoms with E-state index in [1.807, 2.05) is 59.8 Å². The maximum absolute atomic E-state index is 12.1. The maximum atomic E-state index is 12.1. The van der Waals surface area contributed by atoms with E-state index in [-0.39, 0.29) is 11.2 Å². The van der Waals surface area contributed by atoms with Gasteiger partial charge in [0.2, 0.25) is 0 Å². The first-order valence-electron chi connectivity index (χ1n) is 9.80. The highest BCUT2D eigenvalue weighted by molar-refractivity contribution is 8.03. The van der Waals surface area contributed by atoms with E-state index in [2.05, 4.69) is 13.2 Å². The van der Waals surface area contributed by atoms with E-state index in [4.69, 9.17) is 14.3 Å². The minimum atomic E-state index is -0.935. The van der Waals surface area contributed by atoms with Crippen molar-refractivity contribution in [2.75, 3.05) is 6.61 Å². The van der Waals surface area contributed by atoms with Gasteiger partial charge in [-0.2, -0.15) is 0 Å². The Hall–Kier alpha value is -1.79. The molecule has 0 aliphatic carbocycles. The average molecular weight is 429 g/mol. The molecule has 0 radical (unpaired) electrons. The van der Waals surface area contributed by atoms with Crippen LogP contribution in [-0.4, -0.2) is 36.0 Å². The van der Waals surface area contributed by atoms with Crippen molar-refractivity contribution in [1.82, 2.24) is 0 Å². The van der Waals surface area contributed by atoms with Crippen molar-refractivity contribution in [2.24, 2.45) is 5.92 Å². The number of ether oxygens (including phenoxy) is 2. The number of hydrogen-bond acceptors (Lipinski definition) is 6. The van der Waals surface area contributed by atoms with E-state index in [0.717, 1.165) is 18.4 Å². The third-order valence-corrected chi connectivity index (χ3v) is 4.15. The van der Waals surface area contributed by atoms with Crippen LogP contribution in [0.15, 0.2) is 47.6 Å². The lowest BCUT2D eigenvalue weighted by atomic mass is 10.1. The molecule has 0 bridgehead atoms. The Morgan fingerprint density at radius 2 is 1.86 bits per heavy atom. The largest absolute Gasteiger partial charge is 0.472 e. The Labute approximate surface area is 181 Å². The van der Waals surface area contributed by atoms with Crippen molar-refractivity contribution in [3.8, 4) is 0 Å². The van der Waals surface area contributed by atoms with Crippen molar-refractivity contribution >= 4 is 24.5 Å². The standard InChI is InChI=1S/C16H24O4S.C4H8.C2H6.CH2O/c1-5-19-16(18)13(10-20-15(17)11(2)3)14-7-6-12(4)8-9-21-14;1-4(2)3;2*1-2/h8-11,14-15,17H,4-7H2,1-3H3;1H2,2-3H3;1-2H3;1H2/b13-10+;;;. The topological polar surface area (TPSA) is 72.8 Å². The summed E-state index contributed by atoms with van der Waals surface area (Å²) in [5, 5.41) is 11.6. The second kappa shape index (κ2) is 20.9. The molecule has 0 saturated heterocycles. The molecular weight excluding hydrogens is 388 g/mol. The van der Waals surface area contributed by atoms with Gasteiger partial charge in [-0.15, -0.1) is 18.3 Å². The van der Waals surface area contributed by atoms with E-state index in [9.17, 15) is 9.90 Å². The lowest BCUT2D eigenvalue weighted by Gasteiger charge is -2.19. The average Bonchev–Trinajstić information content (AvgIpc) is 2.89. The Kier molecular flexibility index (Phi) is 23.0. The number of carbonyl (C=O) groups excluding carboxylic acids is 2. The molecule has 1 heterocycles. The smallest absolute Gasteiger partial charge is 0.338 e. The van der Waals surface area contributed by atoms with Gasteiger partial charge in [0.1, 0.15) is 6.79 Å². The summed E-state index contributed by atoms with van der Waals surface area (Å²) in [5.41, 5.74) is 2.65. The summed E-state index contributed by atoms with van der Waals surface area (Å²) in [6.45, 7) is 23.2. The molecule has 0 amide bonds. The monoisotopic (exact) mass is 428 g/mol. The molecule has 0 fully saturated rings. The molecule has 2 atom stereocenters. The minimum Gasteiger partial charge on any atom is -0.472 e. The molecule has 168 valence electrons. The minimum absolute atomic E-state index is 0.0499. The first kappa shape index (κ1) is 31.9. The first-order valence-corrected chi connectivity index (χ1v) is 10.7. The quantitative estimate of drug-likeness (QED) is 0.189. The second-order valence-corrected chi connectivity index (χ2v) is 7.51. The summed E-state index contributed by atoms with van der Waals surface area (Å²) in [7, 11) is 0. The highest BCUT2D eigenvalue weighted by Gasteiger charge is 2.24. The summed E-state index contributed by atoms with van der Waals surface area (Å²) in [6.07, 6.45) is 3.97. The molecule has 1 aliphatic rings. The number of carbonyl (C=O) groups is 2. The summed E-state index contributed by atoms with van der Waals surface area (Å²) >= 11 is 1.54. The van der Waals surface area contributed by atoms with Crippen LogP contribution in [0, 0.1) is 5.92 Å². The van der Waals surface area contributed by atoms with Crippen LogP contribution in [0.25, 0.3) is 0 Å². The van der Waals surface area contributed by atoms with Gasteiger partial charge < -0.3 is 19.4 Å². The molecule has 0 aromatic heterocycles. The van der Waals surface area contributed by atoms with Crippen LogP contribution >= 0.6 is 11.8 Å². The van der Waals surface area contributed by atoms with Gasteiger partial charge in [0, 0.05) is 11.2 Å². The number of thioether (sulfide) groups is 1. The van der Waals surface area contributed by atoms with Crippen molar-refractivity contribution in [2.45, 2.75) is 72.8 Å². The molecule has 0 saturated carbocycles. The lowest BCUT2D eigenvalue weighted by molar-refractivity contribution is -0.139. The molecule has 5 nitrogen and oxygen atoms in total. The molecule has 1 rings (SSSR count). The molecule has 1 aliphatic heterocycles. The number of rotatable bonds is 6. The summed E-state index contributed by atoms with van der Waals surface area (Å²) in [6, 6.07) is 0. The Morgan fingerprint density at radius 3 is 2.31 bits per heavy atom. The van der Waals surface area contributed by atoms with Gasteiger partial charge >= 0.3 is 5.97 Å². The Bertz CT molecular complexity index is 519. The molecule has 0 spiro atoms. The summed E-state index contributed by atoms with van der Waals surface area (Å²) in [5.74, 6) is -0.446. The van der Waals surface area contributed by atoms with E-state index >= 15 is 0 Å². The molecule has 1 N–H and O–H groups in total. The van der Waals surface area contributed by atoms with Crippen molar-refractivity contribution in [3.63, 3.8) is 0 Å². The van der Waals surface area contributed by atoms with Crippen LogP contribution in [0.4, 0.5) is 0 Å².